The molecule has 0 saturated heterocycles. The highest BCUT2D eigenvalue weighted by molar-refractivity contribution is 7.09. The van der Waals surface area contributed by atoms with Crippen LogP contribution in [0.2, 0.25) is 0 Å². The molecule has 0 unspecified atom stereocenters. The van der Waals surface area contributed by atoms with Gasteiger partial charge in [-0.05, 0) is 24.3 Å². The van der Waals surface area contributed by atoms with Crippen molar-refractivity contribution in [1.82, 2.24) is 5.32 Å². The summed E-state index contributed by atoms with van der Waals surface area (Å²) in [6.07, 6.45) is 3.49. The first-order chi connectivity index (χ1) is 6.45. The van der Waals surface area contributed by atoms with E-state index in [1.54, 1.807) is 0 Å². The highest BCUT2D eigenvalue weighted by Crippen LogP contribution is 2.08. The summed E-state index contributed by atoms with van der Waals surface area (Å²) in [6, 6.07) is 4.29. The normalized spacial score (nSPS) is 15.8. The Labute approximate surface area is 82.7 Å². The molecule has 0 bridgehead atoms. The van der Waals surface area contributed by atoms with E-state index in [1.165, 1.54) is 17.1 Å². The van der Waals surface area contributed by atoms with Crippen molar-refractivity contribution in [1.29, 1.82) is 0 Å². The molecule has 0 radical (unpaired) electrons. The molecule has 1 N–H and O–H groups in total. The summed E-state index contributed by atoms with van der Waals surface area (Å²) in [5.41, 5.74) is 0. The molecule has 2 heterocycles. The van der Waals surface area contributed by atoms with Crippen molar-refractivity contribution in [2.24, 2.45) is 4.99 Å². The quantitative estimate of drug-likeness (QED) is 0.782. The maximum Gasteiger partial charge on any atom is 0.0963 e. The van der Waals surface area contributed by atoms with E-state index in [0.29, 0.717) is 0 Å². The minimum atomic E-state index is 1.02. The van der Waals surface area contributed by atoms with Gasteiger partial charge in [-0.25, -0.2) is 0 Å². The molecule has 0 saturated carbocycles. The van der Waals surface area contributed by atoms with Crippen LogP contribution in [-0.2, 0) is 6.42 Å². The molecule has 0 fully saturated rings. The molecule has 3 heteroatoms. The molecule has 0 aromatic carbocycles. The highest BCUT2D eigenvalue weighted by atomic mass is 32.1. The Hall–Kier alpha value is -0.830. The maximum absolute atomic E-state index is 4.36. The number of nitrogens with zero attached hydrogens (tertiary/aromatic N) is 1. The Morgan fingerprint density at radius 2 is 2.54 bits per heavy atom. The first-order valence-electron chi connectivity index (χ1n) is 4.75. The summed E-state index contributed by atoms with van der Waals surface area (Å²) < 4.78 is 0. The van der Waals surface area contributed by atoms with Crippen LogP contribution in [0.25, 0.3) is 0 Å². The second-order valence-corrected chi connectivity index (χ2v) is 4.22. The number of amidine groups is 1. The predicted octanol–water partition coefficient (Wildman–Crippen LogP) is 2.07. The zero-order chi connectivity index (χ0) is 8.93. The third-order valence-electron chi connectivity index (χ3n) is 2.15. The Balaban J connectivity index is 1.69. The third kappa shape index (κ3) is 2.56. The second-order valence-electron chi connectivity index (χ2n) is 3.19. The molecule has 0 atom stereocenters. The van der Waals surface area contributed by atoms with Crippen molar-refractivity contribution in [2.45, 2.75) is 19.3 Å². The molecule has 0 aliphatic carbocycles. The fourth-order valence-corrected chi connectivity index (χ4v) is 2.18. The van der Waals surface area contributed by atoms with E-state index in [0.717, 1.165) is 25.9 Å². The lowest BCUT2D eigenvalue weighted by atomic mass is 10.3. The van der Waals surface area contributed by atoms with E-state index in [2.05, 4.69) is 27.8 Å². The number of aliphatic imine (C=N–C) groups is 1. The van der Waals surface area contributed by atoms with Gasteiger partial charge in [-0.2, -0.15) is 0 Å². The lowest BCUT2D eigenvalue weighted by Crippen LogP contribution is -2.23. The Morgan fingerprint density at radius 1 is 1.54 bits per heavy atom. The molecular weight excluding hydrogens is 180 g/mol. The summed E-state index contributed by atoms with van der Waals surface area (Å²) >= 11 is 1.83. The minimum absolute atomic E-state index is 1.02. The summed E-state index contributed by atoms with van der Waals surface area (Å²) in [5.74, 6) is 1.21. The second kappa shape index (κ2) is 4.42. The lowest BCUT2D eigenvalue weighted by Gasteiger charge is -2.03. The van der Waals surface area contributed by atoms with Crippen LogP contribution in [0.3, 0.4) is 0 Å². The first-order valence-corrected chi connectivity index (χ1v) is 5.63. The van der Waals surface area contributed by atoms with Crippen LogP contribution in [-0.4, -0.2) is 18.9 Å². The van der Waals surface area contributed by atoms with E-state index in [-0.39, 0.29) is 0 Å². The minimum Gasteiger partial charge on any atom is -0.373 e. The van der Waals surface area contributed by atoms with Crippen molar-refractivity contribution in [2.75, 3.05) is 13.1 Å². The Morgan fingerprint density at radius 3 is 3.23 bits per heavy atom. The third-order valence-corrected chi connectivity index (χ3v) is 3.09. The largest absolute Gasteiger partial charge is 0.373 e. The van der Waals surface area contributed by atoms with Gasteiger partial charge < -0.3 is 5.32 Å². The number of thiophene rings is 1. The topological polar surface area (TPSA) is 24.4 Å². The van der Waals surface area contributed by atoms with Crippen LogP contribution in [0.4, 0.5) is 0 Å². The van der Waals surface area contributed by atoms with Gasteiger partial charge in [0.25, 0.3) is 0 Å². The number of hydrogen-bond donors (Lipinski definition) is 1. The molecule has 0 amide bonds. The van der Waals surface area contributed by atoms with Gasteiger partial charge in [-0.15, -0.1) is 11.3 Å². The van der Waals surface area contributed by atoms with E-state index >= 15 is 0 Å². The van der Waals surface area contributed by atoms with Crippen LogP contribution >= 0.6 is 11.3 Å². The molecule has 1 aromatic rings. The van der Waals surface area contributed by atoms with Crippen LogP contribution in [0.15, 0.2) is 22.5 Å². The van der Waals surface area contributed by atoms with Crippen LogP contribution in [0.5, 0.6) is 0 Å². The molecular formula is C10H14N2S. The molecule has 1 aliphatic rings. The molecule has 2 nitrogen and oxygen atoms in total. The average molecular weight is 194 g/mol. The van der Waals surface area contributed by atoms with Crippen LogP contribution < -0.4 is 5.32 Å². The van der Waals surface area contributed by atoms with E-state index < -0.39 is 0 Å². The van der Waals surface area contributed by atoms with Crippen molar-refractivity contribution in [3.8, 4) is 0 Å². The molecule has 1 aliphatic heterocycles. The highest BCUT2D eigenvalue weighted by Gasteiger charge is 2.04. The summed E-state index contributed by atoms with van der Waals surface area (Å²) in [4.78, 5) is 5.81. The average Bonchev–Trinajstić information content (AvgIpc) is 2.75. The van der Waals surface area contributed by atoms with Crippen molar-refractivity contribution >= 4 is 17.2 Å². The van der Waals surface area contributed by atoms with Gasteiger partial charge >= 0.3 is 0 Å². The van der Waals surface area contributed by atoms with Gasteiger partial charge in [-0.3, -0.25) is 4.99 Å². The summed E-state index contributed by atoms with van der Waals surface area (Å²) in [5, 5.41) is 5.50. The summed E-state index contributed by atoms with van der Waals surface area (Å²) in [6.45, 7) is 2.04. The van der Waals surface area contributed by atoms with E-state index in [1.807, 2.05) is 11.3 Å². The lowest BCUT2D eigenvalue weighted by molar-refractivity contribution is 0.861. The van der Waals surface area contributed by atoms with Crippen LogP contribution in [0, 0.1) is 0 Å². The molecule has 2 rings (SSSR count). The molecule has 0 spiro atoms. The smallest absolute Gasteiger partial charge is 0.0963 e. The van der Waals surface area contributed by atoms with E-state index in [4.69, 9.17) is 0 Å². The van der Waals surface area contributed by atoms with Gasteiger partial charge in [0, 0.05) is 24.4 Å². The van der Waals surface area contributed by atoms with Gasteiger partial charge in [-0.1, -0.05) is 6.07 Å². The van der Waals surface area contributed by atoms with Crippen molar-refractivity contribution in [3.63, 3.8) is 0 Å². The predicted molar refractivity (Wildman–Crippen MR) is 57.6 cm³/mol. The van der Waals surface area contributed by atoms with Crippen molar-refractivity contribution in [3.05, 3.63) is 22.4 Å². The first kappa shape index (κ1) is 8.75. The van der Waals surface area contributed by atoms with Gasteiger partial charge in [0.2, 0.25) is 0 Å². The Kier molecular flexibility index (Phi) is 2.98. The van der Waals surface area contributed by atoms with E-state index in [9.17, 15) is 0 Å². The van der Waals surface area contributed by atoms with Crippen molar-refractivity contribution < 1.29 is 0 Å². The SMILES string of the molecule is c1csc(CCNC2=NCCC2)c1. The van der Waals surface area contributed by atoms with Gasteiger partial charge in [0.15, 0.2) is 0 Å². The zero-order valence-corrected chi connectivity index (χ0v) is 8.44. The zero-order valence-electron chi connectivity index (χ0n) is 7.62. The Bertz CT molecular complexity index is 277. The van der Waals surface area contributed by atoms with Gasteiger partial charge in [0.05, 0.1) is 5.84 Å². The number of rotatable bonds is 3. The molecule has 13 heavy (non-hydrogen) atoms. The van der Waals surface area contributed by atoms with Crippen LogP contribution in [0.1, 0.15) is 17.7 Å². The molecule has 70 valence electrons. The number of nitrogens with one attached hydrogen (secondary N) is 1. The monoisotopic (exact) mass is 194 g/mol. The maximum atomic E-state index is 4.36. The summed E-state index contributed by atoms with van der Waals surface area (Å²) in [7, 11) is 0. The fourth-order valence-electron chi connectivity index (χ4n) is 1.47. The number of hydrogen-bond acceptors (Lipinski definition) is 3. The fraction of sp³-hybridized carbons (Fsp3) is 0.500. The molecule has 1 aromatic heterocycles. The standard InChI is InChI=1S/C10H14N2S/c1-4-10(11-6-1)12-7-5-9-3-2-8-13-9/h2-3,8H,1,4-7H2,(H,11,12). The van der Waals surface area contributed by atoms with Gasteiger partial charge in [0.1, 0.15) is 0 Å².